The minimum atomic E-state index is -4.06. The Balaban J connectivity index is 3.83. The molecule has 0 aromatic heterocycles. The van der Waals surface area contributed by atoms with E-state index >= 15 is 0 Å². The molecule has 2 N–H and O–H groups in total. The highest BCUT2D eigenvalue weighted by molar-refractivity contribution is 7.86. The number of aliphatic hydroxyl groups excluding tert-OH is 1. The molecule has 0 aliphatic heterocycles. The number of unbranched alkanes of at least 4 members (excludes halogenated alkanes) is 11. The van der Waals surface area contributed by atoms with Crippen LogP contribution < -0.4 is 0 Å². The predicted molar refractivity (Wildman–Crippen MR) is 107 cm³/mol. The largest absolute Gasteiger partial charge is 0.393 e. The van der Waals surface area contributed by atoms with Gasteiger partial charge in [0.15, 0.2) is 0 Å². The lowest BCUT2D eigenvalue weighted by Gasteiger charge is -2.18. The molecule has 0 amide bonds. The van der Waals surface area contributed by atoms with Crippen molar-refractivity contribution in [2.75, 3.05) is 0 Å². The Labute approximate surface area is 156 Å². The maximum absolute atomic E-state index is 11.5. The summed E-state index contributed by atoms with van der Waals surface area (Å²) in [6.07, 6.45) is 15.7. The molecule has 0 spiro atoms. The molecule has 0 aromatic rings. The molecule has 152 valence electrons. The Bertz CT molecular complexity index is 381. The Morgan fingerprint density at radius 3 is 1.56 bits per heavy atom. The van der Waals surface area contributed by atoms with Crippen molar-refractivity contribution in [1.29, 1.82) is 0 Å². The van der Waals surface area contributed by atoms with E-state index in [-0.39, 0.29) is 6.42 Å². The fraction of sp³-hybridized carbons (Fsp3) is 1.00. The van der Waals surface area contributed by atoms with Crippen molar-refractivity contribution in [2.24, 2.45) is 0 Å². The van der Waals surface area contributed by atoms with Crippen molar-refractivity contribution in [3.8, 4) is 0 Å². The first-order chi connectivity index (χ1) is 11.9. The second kappa shape index (κ2) is 16.1. The monoisotopic (exact) mass is 378 g/mol. The van der Waals surface area contributed by atoms with E-state index < -0.39 is 21.5 Å². The maximum atomic E-state index is 11.5. The summed E-state index contributed by atoms with van der Waals surface area (Å²) in [7, 11) is -4.06. The first-order valence-corrected chi connectivity index (χ1v) is 12.1. The molecule has 5 heteroatoms. The van der Waals surface area contributed by atoms with Crippen LogP contribution in [0.1, 0.15) is 117 Å². The third-order valence-electron chi connectivity index (χ3n) is 4.98. The fourth-order valence-electron chi connectivity index (χ4n) is 3.30. The molecular weight excluding hydrogens is 336 g/mol. The van der Waals surface area contributed by atoms with Crippen molar-refractivity contribution in [3.63, 3.8) is 0 Å². The summed E-state index contributed by atoms with van der Waals surface area (Å²) in [5.41, 5.74) is 0. The van der Waals surface area contributed by atoms with Gasteiger partial charge in [-0.05, 0) is 19.3 Å². The molecule has 0 aromatic carbocycles. The fourth-order valence-corrected chi connectivity index (χ4v) is 4.23. The van der Waals surface area contributed by atoms with Crippen LogP contribution in [0.2, 0.25) is 0 Å². The van der Waals surface area contributed by atoms with Crippen molar-refractivity contribution in [1.82, 2.24) is 0 Å². The molecule has 0 aliphatic rings. The zero-order valence-electron chi connectivity index (χ0n) is 16.6. The first-order valence-electron chi connectivity index (χ1n) is 10.6. The lowest BCUT2D eigenvalue weighted by molar-refractivity contribution is 0.147. The molecule has 0 heterocycles. The number of hydrogen-bond acceptors (Lipinski definition) is 3. The standard InChI is InChI=1S/C20H42O4S/c1-3-5-7-8-9-10-11-12-13-15-17-20(25(22,23)24)18-19(21)16-14-6-4-2/h19-21H,3-18H2,1-2H3,(H,22,23,24). The number of hydrogen-bond donors (Lipinski definition) is 2. The second-order valence-corrected chi connectivity index (χ2v) is 9.19. The van der Waals surface area contributed by atoms with Gasteiger partial charge < -0.3 is 5.11 Å². The van der Waals surface area contributed by atoms with E-state index in [1.54, 1.807) is 0 Å². The van der Waals surface area contributed by atoms with E-state index in [2.05, 4.69) is 13.8 Å². The van der Waals surface area contributed by atoms with Crippen LogP contribution in [0.25, 0.3) is 0 Å². The molecule has 25 heavy (non-hydrogen) atoms. The van der Waals surface area contributed by atoms with Gasteiger partial charge in [0.1, 0.15) is 0 Å². The summed E-state index contributed by atoms with van der Waals surface area (Å²) in [4.78, 5) is 0. The summed E-state index contributed by atoms with van der Waals surface area (Å²) in [5, 5.41) is 9.19. The molecule has 2 unspecified atom stereocenters. The molecular formula is C20H42O4S. The summed E-state index contributed by atoms with van der Waals surface area (Å²) in [5.74, 6) is 0. The van der Waals surface area contributed by atoms with Crippen LogP contribution in [-0.2, 0) is 10.1 Å². The summed E-state index contributed by atoms with van der Waals surface area (Å²) < 4.78 is 32.5. The first kappa shape index (κ1) is 24.9. The number of aliphatic hydroxyl groups is 1. The zero-order valence-corrected chi connectivity index (χ0v) is 17.4. The lowest BCUT2D eigenvalue weighted by Crippen LogP contribution is -2.26. The molecule has 0 saturated heterocycles. The molecule has 0 radical (unpaired) electrons. The smallest absolute Gasteiger partial charge is 0.267 e. The van der Waals surface area contributed by atoms with E-state index in [1.807, 2.05) is 0 Å². The summed E-state index contributed by atoms with van der Waals surface area (Å²) in [6, 6.07) is 0. The van der Waals surface area contributed by atoms with Crippen LogP contribution in [0.4, 0.5) is 0 Å². The minimum absolute atomic E-state index is 0.167. The highest BCUT2D eigenvalue weighted by atomic mass is 32.2. The van der Waals surface area contributed by atoms with E-state index in [0.29, 0.717) is 12.8 Å². The third kappa shape index (κ3) is 15.8. The topological polar surface area (TPSA) is 74.6 Å². The van der Waals surface area contributed by atoms with Crippen LogP contribution >= 0.6 is 0 Å². The van der Waals surface area contributed by atoms with Gasteiger partial charge in [0, 0.05) is 0 Å². The average molecular weight is 379 g/mol. The highest BCUT2D eigenvalue weighted by Crippen LogP contribution is 2.19. The van der Waals surface area contributed by atoms with Gasteiger partial charge in [0.2, 0.25) is 0 Å². The van der Waals surface area contributed by atoms with Gasteiger partial charge in [-0.25, -0.2) is 0 Å². The quantitative estimate of drug-likeness (QED) is 0.230. The highest BCUT2D eigenvalue weighted by Gasteiger charge is 2.25. The molecule has 0 fully saturated rings. The van der Waals surface area contributed by atoms with Crippen LogP contribution in [0.15, 0.2) is 0 Å². The van der Waals surface area contributed by atoms with Gasteiger partial charge in [-0.3, -0.25) is 4.55 Å². The molecule has 4 nitrogen and oxygen atoms in total. The van der Waals surface area contributed by atoms with Crippen LogP contribution in [-0.4, -0.2) is 29.4 Å². The van der Waals surface area contributed by atoms with Gasteiger partial charge >= 0.3 is 0 Å². The van der Waals surface area contributed by atoms with Gasteiger partial charge in [-0.1, -0.05) is 97.3 Å². The SMILES string of the molecule is CCCCCCCCCCCCC(CC(O)CCCCC)S(=O)(=O)O. The van der Waals surface area contributed by atoms with Gasteiger partial charge in [-0.15, -0.1) is 0 Å². The molecule has 0 bridgehead atoms. The Morgan fingerprint density at radius 1 is 0.680 bits per heavy atom. The second-order valence-electron chi connectivity index (χ2n) is 7.49. The van der Waals surface area contributed by atoms with Crippen LogP contribution in [0.3, 0.4) is 0 Å². The van der Waals surface area contributed by atoms with Gasteiger partial charge in [0.05, 0.1) is 11.4 Å². The molecule has 2 atom stereocenters. The normalized spacial score (nSPS) is 14.6. The van der Waals surface area contributed by atoms with Crippen molar-refractivity contribution < 1.29 is 18.1 Å². The molecule has 0 saturated carbocycles. The Kier molecular flexibility index (Phi) is 16.0. The van der Waals surface area contributed by atoms with Crippen LogP contribution in [0.5, 0.6) is 0 Å². The van der Waals surface area contributed by atoms with Crippen molar-refractivity contribution in [2.45, 2.75) is 128 Å². The Hall–Kier alpha value is -0.130. The molecule has 0 rings (SSSR count). The van der Waals surface area contributed by atoms with E-state index in [1.165, 1.54) is 44.9 Å². The summed E-state index contributed by atoms with van der Waals surface area (Å²) in [6.45, 7) is 4.32. The maximum Gasteiger partial charge on any atom is 0.267 e. The summed E-state index contributed by atoms with van der Waals surface area (Å²) >= 11 is 0. The van der Waals surface area contributed by atoms with E-state index in [0.717, 1.165) is 38.5 Å². The van der Waals surface area contributed by atoms with Gasteiger partial charge in [-0.2, -0.15) is 8.42 Å². The minimum Gasteiger partial charge on any atom is -0.393 e. The van der Waals surface area contributed by atoms with Crippen molar-refractivity contribution in [3.05, 3.63) is 0 Å². The van der Waals surface area contributed by atoms with E-state index in [9.17, 15) is 18.1 Å². The van der Waals surface area contributed by atoms with Crippen LogP contribution in [0, 0.1) is 0 Å². The Morgan fingerprint density at radius 2 is 1.08 bits per heavy atom. The van der Waals surface area contributed by atoms with Crippen molar-refractivity contribution >= 4 is 10.1 Å². The predicted octanol–water partition coefficient (Wildman–Crippen LogP) is 5.89. The lowest BCUT2D eigenvalue weighted by atomic mass is 10.0. The zero-order chi connectivity index (χ0) is 19.0. The van der Waals surface area contributed by atoms with E-state index in [4.69, 9.17) is 0 Å². The van der Waals surface area contributed by atoms with Gasteiger partial charge in [0.25, 0.3) is 10.1 Å². The number of rotatable bonds is 18. The average Bonchev–Trinajstić information content (AvgIpc) is 2.54. The molecule has 0 aliphatic carbocycles. The third-order valence-corrected chi connectivity index (χ3v) is 6.25.